The van der Waals surface area contributed by atoms with E-state index in [2.05, 4.69) is 61.8 Å². The number of hydrogen-bond donors (Lipinski definition) is 1. The predicted octanol–water partition coefficient (Wildman–Crippen LogP) is 2.83. The van der Waals surface area contributed by atoms with Gasteiger partial charge in [-0.1, -0.05) is 26.8 Å². The van der Waals surface area contributed by atoms with Crippen molar-refractivity contribution < 1.29 is 0 Å². The second kappa shape index (κ2) is 6.62. The highest BCUT2D eigenvalue weighted by Gasteiger charge is 2.23. The molecule has 0 bridgehead atoms. The fourth-order valence-corrected chi connectivity index (χ4v) is 3.89. The van der Waals surface area contributed by atoms with Gasteiger partial charge in [0.2, 0.25) is 0 Å². The summed E-state index contributed by atoms with van der Waals surface area (Å²) in [5.41, 5.74) is 2.45. The average molecular weight is 279 g/mol. The molecule has 4 heteroatoms. The van der Waals surface area contributed by atoms with Gasteiger partial charge in [0.1, 0.15) is 5.82 Å². The molecule has 0 radical (unpaired) electrons. The molecule has 1 aromatic heterocycles. The van der Waals surface area contributed by atoms with E-state index in [1.165, 1.54) is 5.56 Å². The number of pyridine rings is 1. The molecule has 19 heavy (non-hydrogen) atoms. The number of thioether (sulfide) groups is 1. The molecule has 3 nitrogen and oxygen atoms in total. The SMILES string of the molecule is CCNCc1ccc(N2CC(C)SC(C)C2)nc1C. The van der Waals surface area contributed by atoms with Crippen molar-refractivity contribution in [3.63, 3.8) is 0 Å². The van der Waals surface area contributed by atoms with Crippen molar-refractivity contribution in [2.24, 2.45) is 0 Å². The van der Waals surface area contributed by atoms with E-state index in [1.54, 1.807) is 0 Å². The molecule has 0 aliphatic carbocycles. The van der Waals surface area contributed by atoms with Crippen LogP contribution in [-0.2, 0) is 6.54 Å². The molecular formula is C15H25N3S. The summed E-state index contributed by atoms with van der Waals surface area (Å²) >= 11 is 2.08. The lowest BCUT2D eigenvalue weighted by Gasteiger charge is -2.35. The number of hydrogen-bond acceptors (Lipinski definition) is 4. The van der Waals surface area contributed by atoms with Gasteiger partial charge in [-0.3, -0.25) is 0 Å². The normalized spacial score (nSPS) is 23.7. The van der Waals surface area contributed by atoms with Gasteiger partial charge in [0.25, 0.3) is 0 Å². The van der Waals surface area contributed by atoms with Crippen LogP contribution in [0.4, 0.5) is 5.82 Å². The summed E-state index contributed by atoms with van der Waals surface area (Å²) in [5.74, 6) is 1.14. The largest absolute Gasteiger partial charge is 0.354 e. The summed E-state index contributed by atoms with van der Waals surface area (Å²) in [6, 6.07) is 4.40. The lowest BCUT2D eigenvalue weighted by Crippen LogP contribution is -2.40. The first kappa shape index (κ1) is 14.7. The molecule has 1 saturated heterocycles. The van der Waals surface area contributed by atoms with Crippen LogP contribution >= 0.6 is 11.8 Å². The van der Waals surface area contributed by atoms with Crippen molar-refractivity contribution in [1.82, 2.24) is 10.3 Å². The van der Waals surface area contributed by atoms with Crippen molar-refractivity contribution in [1.29, 1.82) is 0 Å². The van der Waals surface area contributed by atoms with Crippen molar-refractivity contribution in [3.8, 4) is 0 Å². The third kappa shape index (κ3) is 3.86. The Morgan fingerprint density at radius 1 is 1.32 bits per heavy atom. The summed E-state index contributed by atoms with van der Waals surface area (Å²) in [6.45, 7) is 13.0. The summed E-state index contributed by atoms with van der Waals surface area (Å²) < 4.78 is 0. The minimum absolute atomic E-state index is 0.687. The fraction of sp³-hybridized carbons (Fsp3) is 0.667. The van der Waals surface area contributed by atoms with Crippen molar-refractivity contribution >= 4 is 17.6 Å². The Morgan fingerprint density at radius 2 is 2.00 bits per heavy atom. The van der Waals surface area contributed by atoms with Crippen molar-refractivity contribution in [2.75, 3.05) is 24.5 Å². The molecule has 2 rings (SSSR count). The summed E-state index contributed by atoms with van der Waals surface area (Å²) in [4.78, 5) is 7.22. The minimum atomic E-state index is 0.687. The number of aromatic nitrogens is 1. The molecule has 0 aromatic carbocycles. The highest BCUT2D eigenvalue weighted by Crippen LogP contribution is 2.28. The van der Waals surface area contributed by atoms with Gasteiger partial charge < -0.3 is 10.2 Å². The quantitative estimate of drug-likeness (QED) is 0.917. The molecule has 106 valence electrons. The summed E-state index contributed by atoms with van der Waals surface area (Å²) in [6.07, 6.45) is 0. The zero-order chi connectivity index (χ0) is 13.8. The van der Waals surface area contributed by atoms with E-state index in [4.69, 9.17) is 4.98 Å². The molecular weight excluding hydrogens is 254 g/mol. The van der Waals surface area contributed by atoms with Gasteiger partial charge in [0.05, 0.1) is 0 Å². The Balaban J connectivity index is 2.10. The van der Waals surface area contributed by atoms with E-state index in [-0.39, 0.29) is 0 Å². The minimum Gasteiger partial charge on any atom is -0.354 e. The van der Waals surface area contributed by atoms with E-state index in [0.29, 0.717) is 10.5 Å². The third-order valence-electron chi connectivity index (χ3n) is 3.49. The number of aryl methyl sites for hydroxylation is 1. The van der Waals surface area contributed by atoms with Gasteiger partial charge in [-0.25, -0.2) is 4.98 Å². The number of nitrogens with one attached hydrogen (secondary N) is 1. The Bertz CT molecular complexity index is 412. The highest BCUT2D eigenvalue weighted by atomic mass is 32.2. The highest BCUT2D eigenvalue weighted by molar-refractivity contribution is 8.00. The first-order chi connectivity index (χ1) is 9.10. The van der Waals surface area contributed by atoms with E-state index >= 15 is 0 Å². The van der Waals surface area contributed by atoms with E-state index in [9.17, 15) is 0 Å². The standard InChI is InChI=1S/C15H25N3S/c1-5-16-8-14-6-7-15(17-13(14)4)18-9-11(2)19-12(3)10-18/h6-7,11-12,16H,5,8-10H2,1-4H3. The number of anilines is 1. The summed E-state index contributed by atoms with van der Waals surface area (Å²) in [5, 5.41) is 4.74. The van der Waals surface area contributed by atoms with Crippen molar-refractivity contribution in [3.05, 3.63) is 23.4 Å². The molecule has 1 N–H and O–H groups in total. The Hall–Kier alpha value is -0.740. The van der Waals surface area contributed by atoms with Crippen LogP contribution in [-0.4, -0.2) is 35.1 Å². The molecule has 2 unspecified atom stereocenters. The van der Waals surface area contributed by atoms with Gasteiger partial charge in [-0.15, -0.1) is 0 Å². The van der Waals surface area contributed by atoms with Gasteiger partial charge >= 0.3 is 0 Å². The maximum absolute atomic E-state index is 4.80. The first-order valence-corrected chi connectivity index (χ1v) is 8.12. The molecule has 2 atom stereocenters. The second-order valence-corrected chi connectivity index (χ2v) is 7.24. The maximum Gasteiger partial charge on any atom is 0.128 e. The molecule has 0 saturated carbocycles. The van der Waals surface area contributed by atoms with E-state index in [0.717, 1.165) is 37.7 Å². The maximum atomic E-state index is 4.80. The topological polar surface area (TPSA) is 28.2 Å². The third-order valence-corrected chi connectivity index (χ3v) is 4.72. The van der Waals surface area contributed by atoms with Crippen LogP contribution < -0.4 is 10.2 Å². The molecule has 1 fully saturated rings. The van der Waals surface area contributed by atoms with Crippen LogP contribution in [0.25, 0.3) is 0 Å². The Labute approximate surface area is 121 Å². The zero-order valence-electron chi connectivity index (χ0n) is 12.4. The lowest BCUT2D eigenvalue weighted by molar-refractivity contribution is 0.705. The van der Waals surface area contributed by atoms with Gasteiger partial charge in [0, 0.05) is 35.8 Å². The predicted molar refractivity (Wildman–Crippen MR) is 85.1 cm³/mol. The molecule has 2 heterocycles. The van der Waals surface area contributed by atoms with Crippen LogP contribution in [0.3, 0.4) is 0 Å². The molecule has 1 aromatic rings. The molecule has 1 aliphatic rings. The van der Waals surface area contributed by atoms with Crippen LogP contribution in [0.5, 0.6) is 0 Å². The van der Waals surface area contributed by atoms with Gasteiger partial charge in [-0.2, -0.15) is 11.8 Å². The number of rotatable bonds is 4. The smallest absolute Gasteiger partial charge is 0.128 e. The Kier molecular flexibility index (Phi) is 5.11. The van der Waals surface area contributed by atoms with E-state index < -0.39 is 0 Å². The monoisotopic (exact) mass is 279 g/mol. The lowest BCUT2D eigenvalue weighted by atomic mass is 10.2. The van der Waals surface area contributed by atoms with Crippen LogP contribution in [0, 0.1) is 6.92 Å². The molecule has 1 aliphatic heterocycles. The van der Waals surface area contributed by atoms with Gasteiger partial charge in [-0.05, 0) is 25.1 Å². The average Bonchev–Trinajstić information content (AvgIpc) is 2.36. The van der Waals surface area contributed by atoms with Crippen LogP contribution in [0.1, 0.15) is 32.0 Å². The first-order valence-electron chi connectivity index (χ1n) is 7.17. The zero-order valence-corrected chi connectivity index (χ0v) is 13.3. The second-order valence-electron chi connectivity index (χ2n) is 5.36. The molecule has 0 amide bonds. The summed E-state index contributed by atoms with van der Waals surface area (Å²) in [7, 11) is 0. The van der Waals surface area contributed by atoms with Crippen molar-refractivity contribution in [2.45, 2.75) is 44.7 Å². The number of nitrogens with zero attached hydrogens (tertiary/aromatic N) is 2. The fourth-order valence-electron chi connectivity index (χ4n) is 2.56. The van der Waals surface area contributed by atoms with Crippen LogP contribution in [0.15, 0.2) is 12.1 Å². The Morgan fingerprint density at radius 3 is 2.58 bits per heavy atom. The van der Waals surface area contributed by atoms with Gasteiger partial charge in [0.15, 0.2) is 0 Å². The van der Waals surface area contributed by atoms with E-state index in [1.807, 2.05) is 0 Å². The van der Waals surface area contributed by atoms with Crippen LogP contribution in [0.2, 0.25) is 0 Å². The molecule has 0 spiro atoms.